The Kier molecular flexibility index (Phi) is 7.95. The van der Waals surface area contributed by atoms with Gasteiger partial charge >= 0.3 is 0 Å². The lowest BCUT2D eigenvalue weighted by molar-refractivity contribution is -0.126. The van der Waals surface area contributed by atoms with Gasteiger partial charge in [-0.3, -0.25) is 4.79 Å². The quantitative estimate of drug-likeness (QED) is 0.601. The zero-order chi connectivity index (χ0) is 21.4. The average molecular weight is 399 g/mol. The van der Waals surface area contributed by atoms with Crippen LogP contribution in [0.15, 0.2) is 42.5 Å². The van der Waals surface area contributed by atoms with Gasteiger partial charge in [-0.2, -0.15) is 0 Å². The monoisotopic (exact) mass is 398 g/mol. The number of ether oxygens (including phenoxy) is 3. The van der Waals surface area contributed by atoms with Crippen molar-refractivity contribution in [1.82, 2.24) is 4.90 Å². The number of hydrogen-bond acceptors (Lipinski definition) is 5. The van der Waals surface area contributed by atoms with Crippen LogP contribution in [0.2, 0.25) is 0 Å². The lowest BCUT2D eigenvalue weighted by atomic mass is 10.1. The maximum atomic E-state index is 12.7. The van der Waals surface area contributed by atoms with E-state index in [4.69, 9.17) is 14.2 Å². The van der Waals surface area contributed by atoms with E-state index in [1.807, 2.05) is 38.1 Å². The van der Waals surface area contributed by atoms with Gasteiger partial charge in [0, 0.05) is 38.9 Å². The predicted molar refractivity (Wildman–Crippen MR) is 117 cm³/mol. The van der Waals surface area contributed by atoms with E-state index in [1.54, 1.807) is 50.5 Å². The molecule has 2 aromatic rings. The second-order valence-electron chi connectivity index (χ2n) is 6.71. The molecule has 0 fully saturated rings. The summed E-state index contributed by atoms with van der Waals surface area (Å²) in [6.07, 6.45) is 3.32. The van der Waals surface area contributed by atoms with E-state index in [2.05, 4.69) is 12.1 Å². The largest absolute Gasteiger partial charge is 0.493 e. The molecular weight excluding hydrogens is 368 g/mol. The zero-order valence-corrected chi connectivity index (χ0v) is 18.1. The number of carbonyl (C=O) groups is 1. The van der Waals surface area contributed by atoms with E-state index in [0.717, 1.165) is 16.8 Å². The van der Waals surface area contributed by atoms with Gasteiger partial charge in [0.1, 0.15) is 0 Å². The van der Waals surface area contributed by atoms with E-state index in [0.29, 0.717) is 30.3 Å². The van der Waals surface area contributed by atoms with E-state index in [9.17, 15) is 4.79 Å². The Morgan fingerprint density at radius 2 is 1.55 bits per heavy atom. The molecule has 0 heterocycles. The highest BCUT2D eigenvalue weighted by Crippen LogP contribution is 2.38. The summed E-state index contributed by atoms with van der Waals surface area (Å²) in [5, 5.41) is 0. The lowest BCUT2D eigenvalue weighted by Crippen LogP contribution is -2.28. The predicted octanol–water partition coefficient (Wildman–Crippen LogP) is 3.84. The first-order valence-corrected chi connectivity index (χ1v) is 9.46. The van der Waals surface area contributed by atoms with Crippen molar-refractivity contribution in [1.29, 1.82) is 0 Å². The molecule has 2 aromatic carbocycles. The van der Waals surface area contributed by atoms with Gasteiger partial charge < -0.3 is 24.0 Å². The van der Waals surface area contributed by atoms with Crippen LogP contribution in [-0.4, -0.2) is 52.8 Å². The van der Waals surface area contributed by atoms with Gasteiger partial charge in [-0.25, -0.2) is 0 Å². The fourth-order valence-electron chi connectivity index (χ4n) is 2.94. The maximum absolute atomic E-state index is 12.7. The van der Waals surface area contributed by atoms with Crippen LogP contribution in [0, 0.1) is 0 Å². The Hall–Kier alpha value is -3.15. The van der Waals surface area contributed by atoms with E-state index < -0.39 is 0 Å². The number of anilines is 1. The number of benzene rings is 2. The highest BCUT2D eigenvalue weighted by molar-refractivity contribution is 5.92. The van der Waals surface area contributed by atoms with Crippen molar-refractivity contribution < 1.29 is 19.0 Å². The summed E-state index contributed by atoms with van der Waals surface area (Å²) in [4.78, 5) is 16.5. The van der Waals surface area contributed by atoms with Crippen molar-refractivity contribution in [3.63, 3.8) is 0 Å². The fraction of sp³-hybridized carbons (Fsp3) is 0.348. The number of carbonyl (C=O) groups excluding carboxylic acids is 1. The van der Waals surface area contributed by atoms with Gasteiger partial charge in [0.25, 0.3) is 0 Å². The van der Waals surface area contributed by atoms with Crippen LogP contribution in [0.5, 0.6) is 17.2 Å². The number of rotatable bonds is 9. The molecule has 0 aliphatic heterocycles. The molecule has 0 spiro atoms. The van der Waals surface area contributed by atoms with Crippen molar-refractivity contribution in [2.45, 2.75) is 13.5 Å². The van der Waals surface area contributed by atoms with Crippen molar-refractivity contribution in [2.24, 2.45) is 0 Å². The molecule has 0 N–H and O–H groups in total. The Morgan fingerprint density at radius 3 is 2.00 bits per heavy atom. The van der Waals surface area contributed by atoms with E-state index >= 15 is 0 Å². The Bertz CT molecular complexity index is 819. The number of amides is 1. The number of likely N-dealkylation sites (N-methyl/N-ethyl adjacent to an activating group) is 1. The zero-order valence-electron chi connectivity index (χ0n) is 18.1. The van der Waals surface area contributed by atoms with E-state index in [-0.39, 0.29) is 5.91 Å². The third-order valence-corrected chi connectivity index (χ3v) is 4.62. The molecule has 0 bridgehead atoms. The second kappa shape index (κ2) is 10.4. The summed E-state index contributed by atoms with van der Waals surface area (Å²) in [5.41, 5.74) is 3.01. The normalized spacial score (nSPS) is 10.7. The number of nitrogens with zero attached hydrogens (tertiary/aromatic N) is 2. The number of hydrogen-bond donors (Lipinski definition) is 0. The summed E-state index contributed by atoms with van der Waals surface area (Å²) in [6.45, 7) is 3.15. The van der Waals surface area contributed by atoms with Crippen LogP contribution < -0.4 is 19.1 Å². The fourth-order valence-corrected chi connectivity index (χ4v) is 2.94. The van der Waals surface area contributed by atoms with Gasteiger partial charge in [0.05, 0.1) is 21.3 Å². The van der Waals surface area contributed by atoms with Gasteiger partial charge in [-0.05, 0) is 48.4 Å². The minimum absolute atomic E-state index is 0.0575. The third-order valence-electron chi connectivity index (χ3n) is 4.62. The van der Waals surface area contributed by atoms with Crippen LogP contribution in [-0.2, 0) is 11.3 Å². The standard InChI is InChI=1S/C23H30N2O4/c1-7-25(16-17-8-11-19(12-9-17)24(2)3)22(26)13-10-18-14-20(27-4)23(29-6)21(15-18)28-5/h8-15H,7,16H2,1-6H3/b13-10+. The molecule has 0 radical (unpaired) electrons. The molecule has 0 aromatic heterocycles. The molecule has 0 unspecified atom stereocenters. The molecule has 0 aliphatic carbocycles. The first-order chi connectivity index (χ1) is 13.9. The van der Waals surface area contributed by atoms with Crippen LogP contribution in [0.4, 0.5) is 5.69 Å². The number of methoxy groups -OCH3 is 3. The van der Waals surface area contributed by atoms with Crippen LogP contribution in [0.1, 0.15) is 18.1 Å². The van der Waals surface area contributed by atoms with Gasteiger partial charge in [-0.1, -0.05) is 12.1 Å². The topological polar surface area (TPSA) is 51.2 Å². The Balaban J connectivity index is 2.15. The average Bonchev–Trinajstić information content (AvgIpc) is 2.75. The minimum Gasteiger partial charge on any atom is -0.493 e. The highest BCUT2D eigenvalue weighted by Gasteiger charge is 2.13. The molecule has 0 saturated heterocycles. The Morgan fingerprint density at radius 1 is 0.966 bits per heavy atom. The third kappa shape index (κ3) is 5.67. The molecule has 0 saturated carbocycles. The van der Waals surface area contributed by atoms with Crippen LogP contribution in [0.25, 0.3) is 6.08 Å². The SMILES string of the molecule is CCN(Cc1ccc(N(C)C)cc1)C(=O)/C=C/c1cc(OC)c(OC)c(OC)c1. The highest BCUT2D eigenvalue weighted by atomic mass is 16.5. The molecule has 0 aliphatic rings. The smallest absolute Gasteiger partial charge is 0.246 e. The van der Waals surface area contributed by atoms with Crippen molar-refractivity contribution in [2.75, 3.05) is 46.9 Å². The molecule has 2 rings (SSSR count). The first kappa shape index (κ1) is 22.1. The molecule has 156 valence electrons. The Labute approximate surface area is 173 Å². The lowest BCUT2D eigenvalue weighted by Gasteiger charge is -2.20. The van der Waals surface area contributed by atoms with Crippen LogP contribution in [0.3, 0.4) is 0 Å². The minimum atomic E-state index is -0.0575. The molecule has 0 atom stereocenters. The van der Waals surface area contributed by atoms with Gasteiger partial charge in [0.2, 0.25) is 11.7 Å². The molecule has 6 nitrogen and oxygen atoms in total. The van der Waals surface area contributed by atoms with Crippen LogP contribution >= 0.6 is 0 Å². The molecule has 29 heavy (non-hydrogen) atoms. The van der Waals surface area contributed by atoms with Crippen molar-refractivity contribution in [3.8, 4) is 17.2 Å². The van der Waals surface area contributed by atoms with Crippen molar-refractivity contribution >= 4 is 17.7 Å². The van der Waals surface area contributed by atoms with E-state index in [1.165, 1.54) is 0 Å². The summed E-state index contributed by atoms with van der Waals surface area (Å²) in [6, 6.07) is 11.8. The van der Waals surface area contributed by atoms with Gasteiger partial charge in [-0.15, -0.1) is 0 Å². The van der Waals surface area contributed by atoms with Gasteiger partial charge in [0.15, 0.2) is 11.5 Å². The maximum Gasteiger partial charge on any atom is 0.246 e. The summed E-state index contributed by atoms with van der Waals surface area (Å²) >= 11 is 0. The molecular formula is C23H30N2O4. The summed E-state index contributed by atoms with van der Waals surface area (Å²) < 4.78 is 16.1. The summed E-state index contributed by atoms with van der Waals surface area (Å²) in [7, 11) is 8.70. The first-order valence-electron chi connectivity index (χ1n) is 9.46. The molecule has 6 heteroatoms. The summed E-state index contributed by atoms with van der Waals surface area (Å²) in [5.74, 6) is 1.56. The van der Waals surface area contributed by atoms with Crippen molar-refractivity contribution in [3.05, 3.63) is 53.6 Å². The molecule has 1 amide bonds. The second-order valence-corrected chi connectivity index (χ2v) is 6.71.